The number of hydrogen-bond donors (Lipinski definition) is 1. The molecule has 0 radical (unpaired) electrons. The fourth-order valence-electron chi connectivity index (χ4n) is 0.534. The molecule has 0 rings (SSSR count). The maximum absolute atomic E-state index is 10.1. The first-order chi connectivity index (χ1) is 5.93. The molecule has 0 saturated heterocycles. The van der Waals surface area contributed by atoms with Gasteiger partial charge in [0.2, 0.25) is 0 Å². The maximum atomic E-state index is 10.1. The summed E-state index contributed by atoms with van der Waals surface area (Å²) in [6.07, 6.45) is -2.73. The van der Waals surface area contributed by atoms with Gasteiger partial charge in [-0.15, -0.1) is 0 Å². The van der Waals surface area contributed by atoms with Gasteiger partial charge in [-0.3, -0.25) is 0 Å². The van der Waals surface area contributed by atoms with Crippen LogP contribution in [0.4, 0.5) is 0 Å². The van der Waals surface area contributed by atoms with Gasteiger partial charge in [0, 0.05) is 12.4 Å². The Balaban J connectivity index is -0.000000240. The van der Waals surface area contributed by atoms with Crippen molar-refractivity contribution in [2.24, 2.45) is 0 Å². The second-order valence-corrected chi connectivity index (χ2v) is 2.09. The predicted octanol–water partition coefficient (Wildman–Crippen LogP) is -12.6. The van der Waals surface area contributed by atoms with Crippen LogP contribution in [0.1, 0.15) is 6.42 Å². The summed E-state index contributed by atoms with van der Waals surface area (Å²) in [6.45, 7) is -0.897. The van der Waals surface area contributed by atoms with Gasteiger partial charge < -0.3 is 29.6 Å². The van der Waals surface area contributed by atoms with E-state index in [0.29, 0.717) is 0 Å². The molecular weight excluding hydrogens is 269 g/mol. The minimum atomic E-state index is -1.79. The van der Waals surface area contributed by atoms with Crippen LogP contribution in [0.2, 0.25) is 0 Å². The van der Waals surface area contributed by atoms with Crippen LogP contribution in [-0.2, 0) is 19.1 Å². The van der Waals surface area contributed by atoms with Crippen LogP contribution >= 0.6 is 0 Å². The van der Waals surface area contributed by atoms with Gasteiger partial charge in [-0.25, -0.2) is 4.79 Å². The molecule has 1 N–H and O–H groups in total. The normalized spacial score (nSPS) is 9.75. The topological polar surface area (TPSA) is 127 Å². The molecule has 0 aliphatic rings. The van der Waals surface area contributed by atoms with Crippen LogP contribution < -0.4 is 121 Å². The molecule has 0 aromatic rings. The van der Waals surface area contributed by atoms with Gasteiger partial charge in [-0.1, -0.05) is 0 Å². The van der Waals surface area contributed by atoms with Gasteiger partial charge in [0.05, 0.1) is 5.97 Å². The first-order valence-corrected chi connectivity index (χ1v) is 3.17. The van der Waals surface area contributed by atoms with E-state index in [2.05, 4.69) is 4.74 Å². The van der Waals surface area contributed by atoms with Gasteiger partial charge in [0.15, 0.2) is 0 Å². The Kier molecular flexibility index (Phi) is 25.0. The van der Waals surface area contributed by atoms with E-state index in [4.69, 9.17) is 5.11 Å². The maximum Gasteiger partial charge on any atom is 1.00 e. The molecule has 0 fully saturated rings. The molecule has 0 spiro atoms. The smallest absolute Gasteiger partial charge is 0.550 e. The molecule has 0 amide bonds. The molecule has 0 bridgehead atoms. The average molecular weight is 275 g/mol. The van der Waals surface area contributed by atoms with Crippen molar-refractivity contribution < 1.29 is 145 Å². The summed E-state index contributed by atoms with van der Waals surface area (Å²) in [6, 6.07) is 0. The van der Waals surface area contributed by atoms with E-state index in [9.17, 15) is 24.6 Å². The van der Waals surface area contributed by atoms with E-state index in [-0.39, 0.29) is 110 Å². The fourth-order valence-corrected chi connectivity index (χ4v) is 0.534. The number of carboxylic acid groups (broad SMARTS) is 3. The Labute approximate surface area is 178 Å². The van der Waals surface area contributed by atoms with Gasteiger partial charge in [-0.2, -0.15) is 0 Å². The molecule has 7 nitrogen and oxygen atoms in total. The summed E-state index contributed by atoms with van der Waals surface area (Å²) in [7, 11) is 0. The molecule has 0 heterocycles. The molecule has 0 aromatic heterocycles. The summed E-state index contributed by atoms with van der Waals surface area (Å²) >= 11 is 0. The van der Waals surface area contributed by atoms with Crippen LogP contribution in [0.3, 0.4) is 0 Å². The van der Waals surface area contributed by atoms with Gasteiger partial charge in [0.1, 0.15) is 12.7 Å². The first-order valence-electron chi connectivity index (χ1n) is 3.17. The molecule has 0 saturated carbocycles. The number of carbonyl (C=O) groups excluding carboxylic acids is 2. The van der Waals surface area contributed by atoms with Crippen molar-refractivity contribution in [1.29, 1.82) is 0 Å². The van der Waals surface area contributed by atoms with Crippen molar-refractivity contribution in [3.8, 4) is 0 Å². The zero-order chi connectivity index (χ0) is 10.4. The molecular formula is C6H6KNa2O7+. The zero-order valence-corrected chi connectivity index (χ0v) is 16.5. The van der Waals surface area contributed by atoms with E-state index in [1.54, 1.807) is 0 Å². The van der Waals surface area contributed by atoms with Crippen LogP contribution in [0, 0.1) is 0 Å². The minimum absolute atomic E-state index is 0. The number of carbonyl (C=O) groups is 3. The number of ether oxygens (including phenoxy) is 1. The van der Waals surface area contributed by atoms with E-state index in [1.165, 1.54) is 0 Å². The van der Waals surface area contributed by atoms with E-state index >= 15 is 0 Å². The van der Waals surface area contributed by atoms with E-state index < -0.39 is 37.0 Å². The Morgan fingerprint density at radius 2 is 1.62 bits per heavy atom. The van der Waals surface area contributed by atoms with Gasteiger partial charge in [0.25, 0.3) is 0 Å². The molecule has 0 aliphatic heterocycles. The quantitative estimate of drug-likeness (QED) is 0.477. The van der Waals surface area contributed by atoms with Crippen molar-refractivity contribution in [3.63, 3.8) is 0 Å². The third-order valence-electron chi connectivity index (χ3n) is 1.02. The Bertz CT molecular complexity index is 235. The summed E-state index contributed by atoms with van der Waals surface area (Å²) < 4.78 is 4.19. The summed E-state index contributed by atoms with van der Waals surface area (Å²) in [4.78, 5) is 30.0. The third-order valence-corrected chi connectivity index (χ3v) is 1.02. The van der Waals surface area contributed by atoms with Crippen LogP contribution in [-0.4, -0.2) is 35.7 Å². The number of aliphatic carboxylic acids is 3. The summed E-state index contributed by atoms with van der Waals surface area (Å²) in [5, 5.41) is 28.1. The SMILES string of the molecule is O=C([O-])CC(OCC(=O)O)C(=O)[O-].[K+].[Na+].[Na+]. The first kappa shape index (κ1) is 26.5. The largest absolute Gasteiger partial charge is 1.00 e. The average Bonchev–Trinajstić information content (AvgIpc) is 1.96. The zero-order valence-electron chi connectivity index (χ0n) is 9.39. The van der Waals surface area contributed by atoms with Crippen molar-refractivity contribution in [3.05, 3.63) is 0 Å². The number of rotatable bonds is 6. The summed E-state index contributed by atoms with van der Waals surface area (Å²) in [5.41, 5.74) is 0. The van der Waals surface area contributed by atoms with Gasteiger partial charge >= 0.3 is 116 Å². The monoisotopic (exact) mass is 275 g/mol. The molecule has 74 valence electrons. The Morgan fingerprint density at radius 1 is 1.19 bits per heavy atom. The van der Waals surface area contributed by atoms with Crippen LogP contribution in [0.5, 0.6) is 0 Å². The molecule has 10 heteroatoms. The van der Waals surface area contributed by atoms with Crippen molar-refractivity contribution in [1.82, 2.24) is 0 Å². The van der Waals surface area contributed by atoms with Crippen LogP contribution in [0.25, 0.3) is 0 Å². The van der Waals surface area contributed by atoms with Crippen LogP contribution in [0.15, 0.2) is 0 Å². The Morgan fingerprint density at radius 3 is 1.88 bits per heavy atom. The Hall–Kier alpha value is 2.01. The third kappa shape index (κ3) is 16.0. The number of hydrogen-bond acceptors (Lipinski definition) is 6. The van der Waals surface area contributed by atoms with E-state index in [1.807, 2.05) is 0 Å². The minimum Gasteiger partial charge on any atom is -0.550 e. The van der Waals surface area contributed by atoms with Crippen molar-refractivity contribution in [2.45, 2.75) is 12.5 Å². The van der Waals surface area contributed by atoms with E-state index in [0.717, 1.165) is 0 Å². The van der Waals surface area contributed by atoms with Gasteiger partial charge in [-0.05, 0) is 0 Å². The second kappa shape index (κ2) is 15.1. The number of carboxylic acids is 3. The predicted molar refractivity (Wildman–Crippen MR) is 32.0 cm³/mol. The molecule has 1 atom stereocenters. The fraction of sp³-hybridized carbons (Fsp3) is 0.500. The van der Waals surface area contributed by atoms with Crippen molar-refractivity contribution >= 4 is 17.9 Å². The molecule has 16 heavy (non-hydrogen) atoms. The molecule has 1 unspecified atom stereocenters. The summed E-state index contributed by atoms with van der Waals surface area (Å²) in [5.74, 6) is -4.84. The molecule has 0 aromatic carbocycles. The second-order valence-electron chi connectivity index (χ2n) is 2.09. The standard InChI is InChI=1S/C6H8O7.K.2Na/c7-4(8)1-3(6(11)12)13-2-5(9)10;;;/h3H,1-2H2,(H,7,8)(H,9,10)(H,11,12);;;/q;3*+1/p-2. The van der Waals surface area contributed by atoms with Crippen molar-refractivity contribution in [2.75, 3.05) is 6.61 Å². The molecule has 0 aliphatic carbocycles.